The molecule has 1 saturated heterocycles. The Morgan fingerprint density at radius 3 is 2.20 bits per heavy atom. The molecule has 2 unspecified atom stereocenters. The zero-order chi connectivity index (χ0) is 11.5. The fourth-order valence-electron chi connectivity index (χ4n) is 2.50. The van der Waals surface area contributed by atoms with Gasteiger partial charge in [0.2, 0.25) is 0 Å². The molecule has 1 heterocycles. The molecule has 15 heavy (non-hydrogen) atoms. The molecule has 1 aliphatic rings. The molecule has 90 valence electrons. The lowest BCUT2D eigenvalue weighted by molar-refractivity contribution is 0.198. The SMILES string of the molecule is CCNCC(C)(C)CN1CC(C)C(C)C1. The van der Waals surface area contributed by atoms with Crippen LogP contribution in [-0.2, 0) is 0 Å². The molecule has 0 aliphatic carbocycles. The minimum absolute atomic E-state index is 0.403. The van der Waals surface area contributed by atoms with Crippen molar-refractivity contribution in [3.63, 3.8) is 0 Å². The molecule has 0 spiro atoms. The second-order valence-corrected chi connectivity index (χ2v) is 6.09. The second kappa shape index (κ2) is 5.31. The van der Waals surface area contributed by atoms with E-state index in [1.165, 1.54) is 19.6 Å². The summed E-state index contributed by atoms with van der Waals surface area (Å²) in [5, 5.41) is 3.46. The standard InChI is InChI=1S/C13H28N2/c1-6-14-9-13(4,5)10-15-7-11(2)12(3)8-15/h11-12,14H,6-10H2,1-5H3. The molecule has 2 nitrogen and oxygen atoms in total. The predicted molar refractivity (Wildman–Crippen MR) is 67.1 cm³/mol. The van der Waals surface area contributed by atoms with Crippen molar-refractivity contribution in [3.8, 4) is 0 Å². The molecule has 0 aromatic carbocycles. The van der Waals surface area contributed by atoms with E-state index in [0.29, 0.717) is 5.41 Å². The van der Waals surface area contributed by atoms with Crippen molar-refractivity contribution in [2.45, 2.75) is 34.6 Å². The van der Waals surface area contributed by atoms with Gasteiger partial charge < -0.3 is 10.2 Å². The zero-order valence-electron chi connectivity index (χ0n) is 11.1. The van der Waals surface area contributed by atoms with Crippen LogP contribution in [0.3, 0.4) is 0 Å². The van der Waals surface area contributed by atoms with Gasteiger partial charge in [0.25, 0.3) is 0 Å². The summed E-state index contributed by atoms with van der Waals surface area (Å²) in [6, 6.07) is 0. The van der Waals surface area contributed by atoms with E-state index in [1.54, 1.807) is 0 Å². The van der Waals surface area contributed by atoms with Gasteiger partial charge in [-0.1, -0.05) is 34.6 Å². The molecule has 0 saturated carbocycles. The average Bonchev–Trinajstić information content (AvgIpc) is 2.41. The van der Waals surface area contributed by atoms with Crippen LogP contribution in [-0.4, -0.2) is 37.6 Å². The van der Waals surface area contributed by atoms with Crippen LogP contribution in [0.1, 0.15) is 34.6 Å². The van der Waals surface area contributed by atoms with Crippen LogP contribution < -0.4 is 5.32 Å². The summed E-state index contributed by atoms with van der Waals surface area (Å²) in [5.41, 5.74) is 0.403. The van der Waals surface area contributed by atoms with Crippen LogP contribution >= 0.6 is 0 Å². The first kappa shape index (κ1) is 13.0. The first-order chi connectivity index (χ1) is 6.94. The molecule has 0 amide bonds. The van der Waals surface area contributed by atoms with E-state index >= 15 is 0 Å². The summed E-state index contributed by atoms with van der Waals surface area (Å²) in [5.74, 6) is 1.75. The Morgan fingerprint density at radius 1 is 1.20 bits per heavy atom. The van der Waals surface area contributed by atoms with Gasteiger partial charge in [-0.15, -0.1) is 0 Å². The van der Waals surface area contributed by atoms with Gasteiger partial charge in [0.15, 0.2) is 0 Å². The Balaban J connectivity index is 2.34. The number of nitrogens with one attached hydrogen (secondary N) is 1. The van der Waals surface area contributed by atoms with Crippen LogP contribution in [0, 0.1) is 17.3 Å². The van der Waals surface area contributed by atoms with E-state index in [1.807, 2.05) is 0 Å². The molecular formula is C13H28N2. The summed E-state index contributed by atoms with van der Waals surface area (Å²) >= 11 is 0. The molecular weight excluding hydrogens is 184 g/mol. The topological polar surface area (TPSA) is 15.3 Å². The molecule has 1 N–H and O–H groups in total. The Kier molecular flexibility index (Phi) is 4.60. The minimum Gasteiger partial charge on any atom is -0.316 e. The van der Waals surface area contributed by atoms with Crippen molar-refractivity contribution in [2.24, 2.45) is 17.3 Å². The van der Waals surface area contributed by atoms with Gasteiger partial charge in [-0.05, 0) is 23.8 Å². The largest absolute Gasteiger partial charge is 0.316 e. The van der Waals surface area contributed by atoms with Crippen molar-refractivity contribution in [2.75, 3.05) is 32.7 Å². The maximum Gasteiger partial charge on any atom is 0.00451 e. The predicted octanol–water partition coefficient (Wildman–Crippen LogP) is 2.21. The maximum absolute atomic E-state index is 3.46. The van der Waals surface area contributed by atoms with E-state index in [9.17, 15) is 0 Å². The Morgan fingerprint density at radius 2 is 1.73 bits per heavy atom. The first-order valence-corrected chi connectivity index (χ1v) is 6.37. The summed E-state index contributed by atoms with van der Waals surface area (Å²) in [6.07, 6.45) is 0. The van der Waals surface area contributed by atoms with Crippen LogP contribution in [0.25, 0.3) is 0 Å². The van der Waals surface area contributed by atoms with E-state index in [0.717, 1.165) is 24.9 Å². The Bertz CT molecular complexity index is 179. The Hall–Kier alpha value is -0.0800. The highest BCUT2D eigenvalue weighted by atomic mass is 15.2. The van der Waals surface area contributed by atoms with E-state index in [-0.39, 0.29) is 0 Å². The molecule has 1 rings (SSSR count). The third-order valence-corrected chi connectivity index (χ3v) is 3.57. The molecule has 0 aromatic rings. The zero-order valence-corrected chi connectivity index (χ0v) is 11.1. The molecule has 1 fully saturated rings. The summed E-state index contributed by atoms with van der Waals surface area (Å²) in [4.78, 5) is 2.63. The smallest absolute Gasteiger partial charge is 0.00451 e. The molecule has 0 bridgehead atoms. The number of rotatable bonds is 5. The van der Waals surface area contributed by atoms with Crippen molar-refractivity contribution in [3.05, 3.63) is 0 Å². The average molecular weight is 212 g/mol. The normalized spacial score (nSPS) is 28.6. The number of hydrogen-bond donors (Lipinski definition) is 1. The lowest BCUT2D eigenvalue weighted by Gasteiger charge is -2.30. The van der Waals surface area contributed by atoms with Crippen molar-refractivity contribution in [1.29, 1.82) is 0 Å². The van der Waals surface area contributed by atoms with Crippen LogP contribution in [0.5, 0.6) is 0 Å². The molecule has 2 atom stereocenters. The lowest BCUT2D eigenvalue weighted by Crippen LogP contribution is -2.39. The summed E-state index contributed by atoms with van der Waals surface area (Å²) in [6.45, 7) is 17.7. The van der Waals surface area contributed by atoms with Crippen molar-refractivity contribution in [1.82, 2.24) is 10.2 Å². The molecule has 0 aromatic heterocycles. The highest BCUT2D eigenvalue weighted by molar-refractivity contribution is 4.83. The lowest BCUT2D eigenvalue weighted by atomic mass is 9.93. The van der Waals surface area contributed by atoms with Gasteiger partial charge in [0, 0.05) is 26.2 Å². The Labute approximate surface area is 95.4 Å². The fraction of sp³-hybridized carbons (Fsp3) is 1.00. The van der Waals surface area contributed by atoms with Gasteiger partial charge in [-0.3, -0.25) is 0 Å². The number of nitrogens with zero attached hydrogens (tertiary/aromatic N) is 1. The van der Waals surface area contributed by atoms with Gasteiger partial charge >= 0.3 is 0 Å². The summed E-state index contributed by atoms with van der Waals surface area (Å²) < 4.78 is 0. The van der Waals surface area contributed by atoms with Crippen LogP contribution in [0.15, 0.2) is 0 Å². The van der Waals surface area contributed by atoms with Gasteiger partial charge in [-0.25, -0.2) is 0 Å². The quantitative estimate of drug-likeness (QED) is 0.751. The first-order valence-electron chi connectivity index (χ1n) is 6.37. The molecule has 1 aliphatic heterocycles. The number of likely N-dealkylation sites (tertiary alicyclic amines) is 1. The van der Waals surface area contributed by atoms with E-state index in [2.05, 4.69) is 44.8 Å². The van der Waals surface area contributed by atoms with Gasteiger partial charge in [-0.2, -0.15) is 0 Å². The highest BCUT2D eigenvalue weighted by Gasteiger charge is 2.30. The van der Waals surface area contributed by atoms with Gasteiger partial charge in [0.05, 0.1) is 0 Å². The maximum atomic E-state index is 3.46. The second-order valence-electron chi connectivity index (χ2n) is 6.09. The fourth-order valence-corrected chi connectivity index (χ4v) is 2.50. The summed E-state index contributed by atoms with van der Waals surface area (Å²) in [7, 11) is 0. The minimum atomic E-state index is 0.403. The van der Waals surface area contributed by atoms with Crippen molar-refractivity contribution < 1.29 is 0 Å². The molecule has 2 heteroatoms. The highest BCUT2D eigenvalue weighted by Crippen LogP contribution is 2.25. The third kappa shape index (κ3) is 4.12. The van der Waals surface area contributed by atoms with E-state index < -0.39 is 0 Å². The van der Waals surface area contributed by atoms with Crippen LogP contribution in [0.4, 0.5) is 0 Å². The van der Waals surface area contributed by atoms with Crippen molar-refractivity contribution >= 4 is 0 Å². The van der Waals surface area contributed by atoms with E-state index in [4.69, 9.17) is 0 Å². The third-order valence-electron chi connectivity index (χ3n) is 3.57. The molecule has 0 radical (unpaired) electrons. The number of hydrogen-bond acceptors (Lipinski definition) is 2. The van der Waals surface area contributed by atoms with Gasteiger partial charge in [0.1, 0.15) is 0 Å². The van der Waals surface area contributed by atoms with Crippen LogP contribution in [0.2, 0.25) is 0 Å². The monoisotopic (exact) mass is 212 g/mol.